The zero-order valence-corrected chi connectivity index (χ0v) is 18.9. The van der Waals surface area contributed by atoms with E-state index >= 15 is 0 Å². The summed E-state index contributed by atoms with van der Waals surface area (Å²) in [5.74, 6) is -0.204. The van der Waals surface area contributed by atoms with E-state index in [9.17, 15) is 14.7 Å². The molecule has 9 heteroatoms. The fraction of sp³-hybridized carbons (Fsp3) is 0.320. The molecule has 0 bridgehead atoms. The van der Waals surface area contributed by atoms with Crippen LogP contribution in [0.4, 0.5) is 0 Å². The van der Waals surface area contributed by atoms with Crippen LogP contribution in [-0.2, 0) is 6.54 Å². The number of aromatic nitrogens is 5. The SMILES string of the molecule is Cc1cc(-c2n[nH]c3ccc(C(=O)N[C@@H]4CCC[C@@](O)(Cn5ncccc5=O)C4)cc23)ccn1. The Balaban J connectivity index is 1.34. The largest absolute Gasteiger partial charge is 0.388 e. The van der Waals surface area contributed by atoms with Gasteiger partial charge in [0.05, 0.1) is 17.7 Å². The summed E-state index contributed by atoms with van der Waals surface area (Å²) in [6.45, 7) is 2.03. The third-order valence-corrected chi connectivity index (χ3v) is 6.38. The number of benzene rings is 1. The Morgan fingerprint density at radius 1 is 1.26 bits per heavy atom. The van der Waals surface area contributed by atoms with Crippen LogP contribution >= 0.6 is 0 Å². The van der Waals surface area contributed by atoms with Gasteiger partial charge >= 0.3 is 0 Å². The number of aliphatic hydroxyl groups is 1. The molecule has 1 aliphatic carbocycles. The number of pyridine rings is 1. The van der Waals surface area contributed by atoms with Gasteiger partial charge in [-0.3, -0.25) is 19.7 Å². The number of hydrogen-bond donors (Lipinski definition) is 3. The minimum absolute atomic E-state index is 0.106. The van der Waals surface area contributed by atoms with Crippen LogP contribution in [0.1, 0.15) is 41.7 Å². The minimum atomic E-state index is -1.10. The first-order chi connectivity index (χ1) is 16.4. The van der Waals surface area contributed by atoms with Crippen LogP contribution in [0.2, 0.25) is 0 Å². The summed E-state index contributed by atoms with van der Waals surface area (Å²) >= 11 is 0. The Morgan fingerprint density at radius 3 is 2.97 bits per heavy atom. The number of rotatable bonds is 5. The number of nitrogens with one attached hydrogen (secondary N) is 2. The lowest BCUT2D eigenvalue weighted by Gasteiger charge is -2.37. The summed E-state index contributed by atoms with van der Waals surface area (Å²) in [6.07, 6.45) is 5.69. The summed E-state index contributed by atoms with van der Waals surface area (Å²) < 4.78 is 1.28. The molecule has 5 rings (SSSR count). The predicted molar refractivity (Wildman–Crippen MR) is 127 cm³/mol. The quantitative estimate of drug-likeness (QED) is 0.422. The van der Waals surface area contributed by atoms with E-state index in [-0.39, 0.29) is 24.1 Å². The Hall–Kier alpha value is -3.85. The Morgan fingerprint density at radius 2 is 2.15 bits per heavy atom. The van der Waals surface area contributed by atoms with Gasteiger partial charge in [0, 0.05) is 46.7 Å². The van der Waals surface area contributed by atoms with Crippen molar-refractivity contribution in [2.75, 3.05) is 0 Å². The summed E-state index contributed by atoms with van der Waals surface area (Å²) in [5, 5.41) is 26.6. The van der Waals surface area contributed by atoms with E-state index in [1.807, 2.05) is 31.2 Å². The molecule has 4 aromatic rings. The molecule has 0 radical (unpaired) electrons. The zero-order chi connectivity index (χ0) is 23.7. The van der Waals surface area contributed by atoms with Crippen LogP contribution in [0.5, 0.6) is 0 Å². The van der Waals surface area contributed by atoms with Crippen LogP contribution < -0.4 is 10.9 Å². The maximum Gasteiger partial charge on any atom is 0.266 e. The first-order valence-electron chi connectivity index (χ1n) is 11.4. The van der Waals surface area contributed by atoms with Crippen molar-refractivity contribution in [2.24, 2.45) is 0 Å². The molecule has 2 atom stereocenters. The number of hydrogen-bond acceptors (Lipinski definition) is 6. The van der Waals surface area contributed by atoms with Crippen LogP contribution in [0.25, 0.3) is 22.2 Å². The van der Waals surface area contributed by atoms with Crippen molar-refractivity contribution in [3.8, 4) is 11.3 Å². The number of aryl methyl sites for hydroxylation is 1. The van der Waals surface area contributed by atoms with Crippen molar-refractivity contribution < 1.29 is 9.90 Å². The molecule has 3 heterocycles. The van der Waals surface area contributed by atoms with E-state index in [0.29, 0.717) is 18.4 Å². The first kappa shape index (κ1) is 22.0. The number of fused-ring (bicyclic) bond motifs is 1. The van der Waals surface area contributed by atoms with Crippen molar-refractivity contribution in [2.45, 2.75) is 50.8 Å². The molecule has 9 nitrogen and oxygen atoms in total. The maximum absolute atomic E-state index is 13.1. The third kappa shape index (κ3) is 4.47. The fourth-order valence-corrected chi connectivity index (χ4v) is 4.73. The molecule has 1 aromatic carbocycles. The number of H-pyrrole nitrogens is 1. The molecule has 1 aliphatic rings. The second-order valence-corrected chi connectivity index (χ2v) is 9.03. The first-order valence-corrected chi connectivity index (χ1v) is 11.4. The number of nitrogens with zero attached hydrogens (tertiary/aromatic N) is 4. The average molecular weight is 459 g/mol. The normalized spacial score (nSPS) is 20.4. The summed E-state index contributed by atoms with van der Waals surface area (Å²) in [4.78, 5) is 29.4. The second-order valence-electron chi connectivity index (χ2n) is 9.03. The number of aromatic amines is 1. The van der Waals surface area contributed by atoms with E-state index in [1.165, 1.54) is 16.9 Å². The summed E-state index contributed by atoms with van der Waals surface area (Å²) in [7, 11) is 0. The van der Waals surface area contributed by atoms with Crippen LogP contribution in [-0.4, -0.2) is 47.6 Å². The van der Waals surface area contributed by atoms with Gasteiger partial charge < -0.3 is 10.4 Å². The summed E-state index contributed by atoms with van der Waals surface area (Å²) in [6, 6.07) is 12.1. The molecule has 0 saturated heterocycles. The van der Waals surface area contributed by atoms with E-state index in [1.54, 1.807) is 18.3 Å². The maximum atomic E-state index is 13.1. The smallest absolute Gasteiger partial charge is 0.266 e. The Bertz CT molecular complexity index is 1410. The van der Waals surface area contributed by atoms with E-state index in [4.69, 9.17) is 0 Å². The van der Waals surface area contributed by atoms with E-state index < -0.39 is 5.60 Å². The fourth-order valence-electron chi connectivity index (χ4n) is 4.73. The lowest BCUT2D eigenvalue weighted by molar-refractivity contribution is -0.0248. The molecular formula is C25H26N6O3. The third-order valence-electron chi connectivity index (χ3n) is 6.38. The topological polar surface area (TPSA) is 126 Å². The minimum Gasteiger partial charge on any atom is -0.388 e. The lowest BCUT2D eigenvalue weighted by Crippen LogP contribution is -2.49. The van der Waals surface area contributed by atoms with Gasteiger partial charge in [0.25, 0.3) is 11.5 Å². The standard InChI is InChI=1S/C25H26N6O3/c1-16-12-17(8-11-26-16)23-20-13-18(6-7-21(20)29-30-23)24(33)28-19-4-2-9-25(34,14-19)15-31-22(32)5-3-10-27-31/h3,5-8,10-13,19,34H,2,4,9,14-15H2,1H3,(H,28,33)(H,29,30)/t19-,25+/m1/s1. The molecule has 1 saturated carbocycles. The zero-order valence-electron chi connectivity index (χ0n) is 18.9. The molecule has 34 heavy (non-hydrogen) atoms. The van der Waals surface area contributed by atoms with Gasteiger partial charge in [-0.2, -0.15) is 10.2 Å². The van der Waals surface area contributed by atoms with Crippen molar-refractivity contribution in [1.82, 2.24) is 30.3 Å². The van der Waals surface area contributed by atoms with Crippen molar-refractivity contribution in [3.05, 3.63) is 76.5 Å². The second kappa shape index (κ2) is 8.83. The van der Waals surface area contributed by atoms with Gasteiger partial charge in [0.2, 0.25) is 0 Å². The molecule has 174 valence electrons. The average Bonchev–Trinajstić information content (AvgIpc) is 3.24. The molecule has 0 unspecified atom stereocenters. The van der Waals surface area contributed by atoms with Crippen LogP contribution in [0, 0.1) is 6.92 Å². The number of carbonyl (C=O) groups is 1. The van der Waals surface area contributed by atoms with E-state index in [0.717, 1.165) is 40.7 Å². The molecular weight excluding hydrogens is 432 g/mol. The monoisotopic (exact) mass is 458 g/mol. The highest BCUT2D eigenvalue weighted by Crippen LogP contribution is 2.30. The van der Waals surface area contributed by atoms with Gasteiger partial charge in [0.15, 0.2) is 0 Å². The molecule has 1 fully saturated rings. The highest BCUT2D eigenvalue weighted by molar-refractivity contribution is 6.01. The van der Waals surface area contributed by atoms with Gasteiger partial charge in [0.1, 0.15) is 5.69 Å². The number of amides is 1. The molecule has 0 spiro atoms. The molecule has 3 N–H and O–H groups in total. The molecule has 3 aromatic heterocycles. The van der Waals surface area contributed by atoms with Gasteiger partial charge in [-0.15, -0.1) is 0 Å². The van der Waals surface area contributed by atoms with Crippen LogP contribution in [0.3, 0.4) is 0 Å². The van der Waals surface area contributed by atoms with Crippen molar-refractivity contribution in [3.63, 3.8) is 0 Å². The molecule has 0 aliphatic heterocycles. The van der Waals surface area contributed by atoms with Crippen molar-refractivity contribution in [1.29, 1.82) is 0 Å². The lowest BCUT2D eigenvalue weighted by atomic mass is 9.81. The van der Waals surface area contributed by atoms with Gasteiger partial charge in [-0.1, -0.05) is 0 Å². The molecule has 1 amide bonds. The predicted octanol–water partition coefficient (Wildman–Crippen LogP) is 2.59. The Labute approximate surface area is 195 Å². The highest BCUT2D eigenvalue weighted by atomic mass is 16.3. The van der Waals surface area contributed by atoms with Gasteiger partial charge in [-0.05, 0) is 69.0 Å². The summed E-state index contributed by atoms with van der Waals surface area (Å²) in [5.41, 5.74) is 2.59. The number of carbonyl (C=O) groups excluding carboxylic acids is 1. The van der Waals surface area contributed by atoms with Crippen molar-refractivity contribution >= 4 is 16.8 Å². The Kier molecular flexibility index (Phi) is 5.70. The van der Waals surface area contributed by atoms with E-state index in [2.05, 4.69) is 25.6 Å². The van der Waals surface area contributed by atoms with Crippen LogP contribution in [0.15, 0.2) is 59.7 Å². The highest BCUT2D eigenvalue weighted by Gasteiger charge is 2.36. The van der Waals surface area contributed by atoms with Gasteiger partial charge in [-0.25, -0.2) is 4.68 Å².